The Bertz CT molecular complexity index is 1120. The molecule has 2 aromatic rings. The molecule has 2 fully saturated rings. The second-order valence-electron chi connectivity index (χ2n) is 10.1. The summed E-state index contributed by atoms with van der Waals surface area (Å²) in [6.07, 6.45) is 3.49. The van der Waals surface area contributed by atoms with Crippen LogP contribution in [-0.4, -0.2) is 59.6 Å². The van der Waals surface area contributed by atoms with Crippen LogP contribution in [0.15, 0.2) is 42.5 Å². The number of likely N-dealkylation sites (tertiary alicyclic amines) is 1. The topological polar surface area (TPSA) is 76.2 Å². The van der Waals surface area contributed by atoms with Gasteiger partial charge in [-0.15, -0.1) is 0 Å². The Balaban J connectivity index is 1.19. The van der Waals surface area contributed by atoms with Crippen LogP contribution in [0.5, 0.6) is 11.5 Å². The van der Waals surface area contributed by atoms with Gasteiger partial charge >= 0.3 is 0 Å². The molecule has 0 radical (unpaired) electrons. The van der Waals surface area contributed by atoms with Gasteiger partial charge in [-0.2, -0.15) is 0 Å². The van der Waals surface area contributed by atoms with Crippen molar-refractivity contribution >= 4 is 17.5 Å². The lowest BCUT2D eigenvalue weighted by atomic mass is 10.0. The minimum Gasteiger partial charge on any atom is -0.492 e. The molecule has 2 aliphatic heterocycles. The third kappa shape index (κ3) is 5.31. The number of fused-ring (bicyclic) bond motifs is 1. The van der Waals surface area contributed by atoms with Gasteiger partial charge in [-0.25, -0.2) is 0 Å². The van der Waals surface area contributed by atoms with Crippen LogP contribution in [0.1, 0.15) is 60.5 Å². The largest absolute Gasteiger partial charge is 0.492 e. The Morgan fingerprint density at radius 2 is 1.72 bits per heavy atom. The van der Waals surface area contributed by atoms with Crippen molar-refractivity contribution in [1.82, 2.24) is 9.80 Å². The van der Waals surface area contributed by atoms with Gasteiger partial charge in [0.2, 0.25) is 0 Å². The van der Waals surface area contributed by atoms with E-state index in [4.69, 9.17) is 9.47 Å². The molecule has 5 rings (SSSR count). The molecule has 1 aliphatic carbocycles. The van der Waals surface area contributed by atoms with Gasteiger partial charge in [0, 0.05) is 36.4 Å². The number of amides is 1. The summed E-state index contributed by atoms with van der Waals surface area (Å²) in [4.78, 5) is 42.2. The first-order chi connectivity index (χ1) is 17.5. The molecule has 1 saturated carbocycles. The van der Waals surface area contributed by atoms with Crippen LogP contribution in [0.2, 0.25) is 0 Å². The van der Waals surface area contributed by atoms with Crippen molar-refractivity contribution in [3.63, 3.8) is 0 Å². The van der Waals surface area contributed by atoms with Crippen molar-refractivity contribution < 1.29 is 23.9 Å². The molecule has 2 aromatic carbocycles. The number of ether oxygens (including phenoxy) is 2. The summed E-state index contributed by atoms with van der Waals surface area (Å²) in [5, 5.41) is 0. The molecule has 0 bridgehead atoms. The summed E-state index contributed by atoms with van der Waals surface area (Å²) in [7, 11) is 0. The van der Waals surface area contributed by atoms with E-state index < -0.39 is 6.04 Å². The van der Waals surface area contributed by atoms with Gasteiger partial charge in [-0.1, -0.05) is 25.1 Å². The second kappa shape index (κ2) is 10.8. The number of carbonyl (C=O) groups is 3. The first-order valence-corrected chi connectivity index (χ1v) is 13.0. The molecular weight excluding hydrogens is 456 g/mol. The first-order valence-electron chi connectivity index (χ1n) is 13.0. The van der Waals surface area contributed by atoms with Gasteiger partial charge in [-0.3, -0.25) is 19.3 Å². The summed E-state index contributed by atoms with van der Waals surface area (Å²) in [6.45, 7) is 6.47. The average molecular weight is 491 g/mol. The minimum absolute atomic E-state index is 0.0280. The van der Waals surface area contributed by atoms with E-state index in [1.165, 1.54) is 25.9 Å². The fourth-order valence-electron chi connectivity index (χ4n) is 5.42. The van der Waals surface area contributed by atoms with Crippen LogP contribution in [0.3, 0.4) is 0 Å². The molecule has 2 atom stereocenters. The lowest BCUT2D eigenvalue weighted by Crippen LogP contribution is -2.41. The molecule has 7 heteroatoms. The number of Topliss-reactive ketones (excluding diaryl/α,β-unsaturated/α-hetero) is 2. The lowest BCUT2D eigenvalue weighted by molar-refractivity contribution is -0.126. The summed E-state index contributed by atoms with van der Waals surface area (Å²) in [6, 6.07) is 12.8. The second-order valence-corrected chi connectivity index (χ2v) is 10.1. The highest BCUT2D eigenvalue weighted by Crippen LogP contribution is 2.35. The number of nitrogens with zero attached hydrogens (tertiary/aromatic N) is 2. The van der Waals surface area contributed by atoms with Gasteiger partial charge in [0.1, 0.15) is 30.5 Å². The highest BCUT2D eigenvalue weighted by atomic mass is 16.5. The molecule has 1 unspecified atom stereocenters. The van der Waals surface area contributed by atoms with Crippen LogP contribution in [0, 0.1) is 5.92 Å². The van der Waals surface area contributed by atoms with Crippen molar-refractivity contribution in [2.24, 2.45) is 5.92 Å². The third-order valence-corrected chi connectivity index (χ3v) is 7.61. The minimum atomic E-state index is -0.551. The molecular formula is C29H34N2O5. The van der Waals surface area contributed by atoms with Gasteiger partial charge in [-0.05, 0) is 62.2 Å². The Labute approximate surface area is 212 Å². The third-order valence-electron chi connectivity index (χ3n) is 7.61. The summed E-state index contributed by atoms with van der Waals surface area (Å²) < 4.78 is 12.0. The van der Waals surface area contributed by atoms with Gasteiger partial charge in [0.15, 0.2) is 5.78 Å². The number of hydrogen-bond donors (Lipinski definition) is 0. The fourth-order valence-corrected chi connectivity index (χ4v) is 5.42. The van der Waals surface area contributed by atoms with Gasteiger partial charge in [0.25, 0.3) is 5.91 Å². The Hall–Kier alpha value is -3.19. The maximum atomic E-state index is 13.2. The van der Waals surface area contributed by atoms with Crippen LogP contribution in [0.4, 0.5) is 0 Å². The monoisotopic (exact) mass is 490 g/mol. The molecule has 1 amide bonds. The number of hydrogen-bond acceptors (Lipinski definition) is 6. The molecule has 0 spiro atoms. The molecule has 36 heavy (non-hydrogen) atoms. The van der Waals surface area contributed by atoms with E-state index >= 15 is 0 Å². The standard InChI is InChI=1S/C29H34N2O5/c1-20-17-27(33)25(11-12-26(20)32)31-18-24-23(29(31)34)5-4-6-28(24)36-19-21-7-9-22(10-8-21)35-16-15-30-13-2-3-14-30/h4-10,20,25H,2-3,11-19H2,1H3/t20-,25?/m1/s1. The van der Waals surface area contributed by atoms with E-state index in [-0.39, 0.29) is 29.8 Å². The zero-order chi connectivity index (χ0) is 25.1. The molecule has 1 saturated heterocycles. The number of benzene rings is 2. The van der Waals surface area contributed by atoms with Crippen molar-refractivity contribution in [3.8, 4) is 11.5 Å². The van der Waals surface area contributed by atoms with Gasteiger partial charge < -0.3 is 14.4 Å². The van der Waals surface area contributed by atoms with E-state index in [0.717, 1.165) is 23.4 Å². The normalized spacial score (nSPS) is 22.6. The zero-order valence-electron chi connectivity index (χ0n) is 20.9. The van der Waals surface area contributed by atoms with E-state index in [2.05, 4.69) is 4.90 Å². The number of carbonyl (C=O) groups excluding carboxylic acids is 3. The van der Waals surface area contributed by atoms with Crippen molar-refractivity contribution in [1.29, 1.82) is 0 Å². The van der Waals surface area contributed by atoms with Crippen LogP contribution in [-0.2, 0) is 22.7 Å². The molecule has 190 valence electrons. The molecule has 7 nitrogen and oxygen atoms in total. The van der Waals surface area contributed by atoms with Crippen LogP contribution >= 0.6 is 0 Å². The van der Waals surface area contributed by atoms with Crippen LogP contribution < -0.4 is 9.47 Å². The van der Waals surface area contributed by atoms with E-state index in [0.29, 0.717) is 43.9 Å². The smallest absolute Gasteiger partial charge is 0.255 e. The predicted octanol–water partition coefficient (Wildman–Crippen LogP) is 4.02. The van der Waals surface area contributed by atoms with Crippen LogP contribution in [0.25, 0.3) is 0 Å². The Morgan fingerprint density at radius 1 is 0.944 bits per heavy atom. The Kier molecular flexibility index (Phi) is 7.37. The highest BCUT2D eigenvalue weighted by Gasteiger charge is 2.40. The molecule has 2 heterocycles. The maximum Gasteiger partial charge on any atom is 0.255 e. The quantitative estimate of drug-likeness (QED) is 0.520. The SMILES string of the molecule is C[C@@H]1CC(=O)C(N2Cc3c(OCc4ccc(OCCN5CCCC5)cc4)cccc3C2=O)CCC1=O. The van der Waals surface area contributed by atoms with Gasteiger partial charge in [0.05, 0.1) is 12.6 Å². The highest BCUT2D eigenvalue weighted by molar-refractivity contribution is 6.03. The first kappa shape index (κ1) is 24.5. The van der Waals surface area contributed by atoms with Crippen molar-refractivity contribution in [2.45, 2.75) is 58.2 Å². The van der Waals surface area contributed by atoms with Crippen molar-refractivity contribution in [2.75, 3.05) is 26.2 Å². The molecule has 0 N–H and O–H groups in total. The zero-order valence-corrected chi connectivity index (χ0v) is 20.9. The fraction of sp³-hybridized carbons (Fsp3) is 0.483. The maximum absolute atomic E-state index is 13.2. The summed E-state index contributed by atoms with van der Waals surface area (Å²) in [5.41, 5.74) is 2.39. The summed E-state index contributed by atoms with van der Waals surface area (Å²) in [5.74, 6) is 1.14. The van der Waals surface area contributed by atoms with Crippen molar-refractivity contribution in [3.05, 3.63) is 59.2 Å². The predicted molar refractivity (Wildman–Crippen MR) is 135 cm³/mol. The van der Waals surface area contributed by atoms with E-state index in [1.807, 2.05) is 36.4 Å². The molecule has 3 aliphatic rings. The van der Waals surface area contributed by atoms with E-state index in [9.17, 15) is 14.4 Å². The lowest BCUT2D eigenvalue weighted by Gasteiger charge is -2.25. The molecule has 0 aromatic heterocycles. The summed E-state index contributed by atoms with van der Waals surface area (Å²) >= 11 is 0. The number of ketones is 2. The van der Waals surface area contributed by atoms with E-state index in [1.54, 1.807) is 17.9 Å². The number of rotatable bonds is 8. The average Bonchev–Trinajstić information content (AvgIpc) is 3.49. The Morgan fingerprint density at radius 3 is 2.50 bits per heavy atom.